The fraction of sp³-hybridized carbons (Fsp3) is 0.438. The number of nitrogens with zero attached hydrogens (tertiary/aromatic N) is 3. The van der Waals surface area contributed by atoms with Crippen LogP contribution in [0.1, 0.15) is 31.7 Å². The van der Waals surface area contributed by atoms with Gasteiger partial charge in [-0.15, -0.1) is 10.2 Å². The van der Waals surface area contributed by atoms with Gasteiger partial charge in [-0.25, -0.2) is 0 Å². The Morgan fingerprint density at radius 2 is 2.13 bits per heavy atom. The van der Waals surface area contributed by atoms with Crippen molar-refractivity contribution in [3.63, 3.8) is 0 Å². The van der Waals surface area contributed by atoms with Gasteiger partial charge in [-0.1, -0.05) is 30.0 Å². The minimum atomic E-state index is -0.218. The zero-order chi connectivity index (χ0) is 16.2. The Morgan fingerprint density at radius 3 is 2.83 bits per heavy atom. The number of hydrogen-bond donors (Lipinski definition) is 1. The summed E-state index contributed by atoms with van der Waals surface area (Å²) in [6.45, 7) is 1.94. The van der Waals surface area contributed by atoms with Gasteiger partial charge in [0.15, 0.2) is 17.1 Å². The number of aromatic nitrogens is 3. The first-order valence-corrected chi connectivity index (χ1v) is 8.65. The third-order valence-electron chi connectivity index (χ3n) is 3.56. The molecule has 122 valence electrons. The summed E-state index contributed by atoms with van der Waals surface area (Å²) in [5, 5.41) is 12.0. The average Bonchev–Trinajstić information content (AvgIpc) is 3.27. The quantitative estimate of drug-likeness (QED) is 0.788. The van der Waals surface area contributed by atoms with Crippen molar-refractivity contribution in [2.24, 2.45) is 7.05 Å². The van der Waals surface area contributed by atoms with Gasteiger partial charge < -0.3 is 14.6 Å². The molecule has 3 rings (SSSR count). The summed E-state index contributed by atoms with van der Waals surface area (Å²) in [6, 6.07) is 10.0. The van der Waals surface area contributed by atoms with Crippen LogP contribution in [0.3, 0.4) is 0 Å². The van der Waals surface area contributed by atoms with E-state index in [2.05, 4.69) is 15.5 Å². The number of ether oxygens (including phenoxy) is 1. The van der Waals surface area contributed by atoms with Gasteiger partial charge in [-0.2, -0.15) is 0 Å². The monoisotopic (exact) mass is 332 g/mol. The van der Waals surface area contributed by atoms with Gasteiger partial charge in [0.2, 0.25) is 5.91 Å². The molecular formula is C16H20N4O2S. The average molecular weight is 332 g/mol. The standard InChI is InChI=1S/C16H20N4O2S/c1-11(22-13-6-4-3-5-7-13)15-18-19-16(20(15)2)23-10-14(21)17-12-8-9-12/h3-7,11-12H,8-10H2,1-2H3,(H,17,21)/t11-/m0/s1. The molecule has 0 spiro atoms. The topological polar surface area (TPSA) is 69.0 Å². The van der Waals surface area contributed by atoms with Gasteiger partial charge in [0.1, 0.15) is 5.75 Å². The van der Waals surface area contributed by atoms with Gasteiger partial charge >= 0.3 is 0 Å². The first-order chi connectivity index (χ1) is 11.1. The van der Waals surface area contributed by atoms with E-state index in [9.17, 15) is 4.79 Å². The van der Waals surface area contributed by atoms with Crippen LogP contribution in [-0.4, -0.2) is 32.5 Å². The van der Waals surface area contributed by atoms with E-state index in [4.69, 9.17) is 4.74 Å². The molecule has 0 unspecified atom stereocenters. The second kappa shape index (κ2) is 7.04. The fourth-order valence-corrected chi connectivity index (χ4v) is 2.92. The van der Waals surface area contributed by atoms with Crippen LogP contribution >= 0.6 is 11.8 Å². The summed E-state index contributed by atoms with van der Waals surface area (Å²) in [5.74, 6) is 1.94. The Morgan fingerprint density at radius 1 is 1.39 bits per heavy atom. The normalized spacial score (nSPS) is 15.2. The van der Waals surface area contributed by atoms with Gasteiger partial charge in [0.05, 0.1) is 5.75 Å². The van der Waals surface area contributed by atoms with E-state index in [0.29, 0.717) is 11.8 Å². The molecule has 1 fully saturated rings. The molecule has 1 aliphatic rings. The molecule has 0 bridgehead atoms. The molecule has 1 amide bonds. The van der Waals surface area contributed by atoms with E-state index >= 15 is 0 Å². The minimum absolute atomic E-state index is 0.0515. The molecule has 1 aromatic carbocycles. The van der Waals surface area contributed by atoms with Crippen molar-refractivity contribution >= 4 is 17.7 Å². The Balaban J connectivity index is 1.58. The highest BCUT2D eigenvalue weighted by Gasteiger charge is 2.23. The highest BCUT2D eigenvalue weighted by molar-refractivity contribution is 7.99. The van der Waals surface area contributed by atoms with Crippen LogP contribution in [-0.2, 0) is 11.8 Å². The highest BCUT2D eigenvalue weighted by Crippen LogP contribution is 2.24. The predicted octanol–water partition coefficient (Wildman–Crippen LogP) is 2.33. The lowest BCUT2D eigenvalue weighted by molar-refractivity contribution is -0.118. The van der Waals surface area contributed by atoms with E-state index in [1.807, 2.05) is 48.9 Å². The smallest absolute Gasteiger partial charge is 0.230 e. The molecule has 1 saturated carbocycles. The number of amides is 1. The van der Waals surface area contributed by atoms with Crippen molar-refractivity contribution in [2.75, 3.05) is 5.75 Å². The fourth-order valence-electron chi connectivity index (χ4n) is 2.19. The zero-order valence-electron chi connectivity index (χ0n) is 13.2. The van der Waals surface area contributed by atoms with E-state index < -0.39 is 0 Å². The lowest BCUT2D eigenvalue weighted by Gasteiger charge is -2.14. The number of thioether (sulfide) groups is 1. The number of carbonyl (C=O) groups excluding carboxylic acids is 1. The molecule has 0 aliphatic heterocycles. The zero-order valence-corrected chi connectivity index (χ0v) is 14.0. The van der Waals surface area contributed by atoms with Crippen molar-refractivity contribution < 1.29 is 9.53 Å². The summed E-state index contributed by atoms with van der Waals surface area (Å²) < 4.78 is 7.75. The lowest BCUT2D eigenvalue weighted by atomic mass is 10.3. The lowest BCUT2D eigenvalue weighted by Crippen LogP contribution is -2.27. The number of benzene rings is 1. The molecule has 6 nitrogen and oxygen atoms in total. The molecule has 0 saturated heterocycles. The van der Waals surface area contributed by atoms with Crippen LogP contribution in [0.4, 0.5) is 0 Å². The van der Waals surface area contributed by atoms with Crippen molar-refractivity contribution in [1.29, 1.82) is 0 Å². The van der Waals surface area contributed by atoms with Crippen LogP contribution in [0, 0.1) is 0 Å². The summed E-state index contributed by atoms with van der Waals surface area (Å²) in [4.78, 5) is 11.7. The van der Waals surface area contributed by atoms with Crippen molar-refractivity contribution in [2.45, 2.75) is 37.1 Å². The highest BCUT2D eigenvalue weighted by atomic mass is 32.2. The van der Waals surface area contributed by atoms with Gasteiger partial charge in [-0.3, -0.25) is 4.79 Å². The SMILES string of the molecule is C[C@H](Oc1ccccc1)c1nnc(SCC(=O)NC2CC2)n1C. The van der Waals surface area contributed by atoms with E-state index in [1.54, 1.807) is 0 Å². The number of rotatable bonds is 7. The molecule has 7 heteroatoms. The van der Waals surface area contributed by atoms with Crippen molar-refractivity contribution in [3.8, 4) is 5.75 Å². The first kappa shape index (κ1) is 15.9. The van der Waals surface area contributed by atoms with Gasteiger partial charge in [-0.05, 0) is 31.9 Å². The predicted molar refractivity (Wildman–Crippen MR) is 88.4 cm³/mol. The maximum Gasteiger partial charge on any atom is 0.230 e. The summed E-state index contributed by atoms with van der Waals surface area (Å²) in [5.41, 5.74) is 0. The Labute approximate surface area is 139 Å². The molecule has 2 aromatic rings. The second-order valence-electron chi connectivity index (χ2n) is 5.60. The molecule has 1 aromatic heterocycles. The maximum atomic E-state index is 11.7. The van der Waals surface area contributed by atoms with Gasteiger partial charge in [0.25, 0.3) is 0 Å². The van der Waals surface area contributed by atoms with Crippen LogP contribution < -0.4 is 10.1 Å². The Hall–Kier alpha value is -2.02. The first-order valence-electron chi connectivity index (χ1n) is 7.66. The Kier molecular flexibility index (Phi) is 4.85. The van der Waals surface area contributed by atoms with Crippen LogP contribution in [0.25, 0.3) is 0 Å². The van der Waals surface area contributed by atoms with Crippen LogP contribution in [0.2, 0.25) is 0 Å². The Bertz CT molecular complexity index is 670. The van der Waals surface area contributed by atoms with E-state index in [0.717, 1.165) is 29.6 Å². The van der Waals surface area contributed by atoms with Gasteiger partial charge in [0, 0.05) is 13.1 Å². The molecule has 1 N–H and O–H groups in total. The van der Waals surface area contributed by atoms with Crippen LogP contribution in [0.15, 0.2) is 35.5 Å². The maximum absolute atomic E-state index is 11.7. The van der Waals surface area contributed by atoms with E-state index in [-0.39, 0.29) is 12.0 Å². The minimum Gasteiger partial charge on any atom is -0.483 e. The third-order valence-corrected chi connectivity index (χ3v) is 4.58. The molecule has 1 heterocycles. The number of carbonyl (C=O) groups is 1. The molecular weight excluding hydrogens is 312 g/mol. The molecule has 1 aliphatic carbocycles. The molecule has 1 atom stereocenters. The van der Waals surface area contributed by atoms with Crippen molar-refractivity contribution in [1.82, 2.24) is 20.1 Å². The largest absolute Gasteiger partial charge is 0.483 e. The molecule has 0 radical (unpaired) electrons. The molecule has 23 heavy (non-hydrogen) atoms. The van der Waals surface area contributed by atoms with Crippen molar-refractivity contribution in [3.05, 3.63) is 36.2 Å². The third kappa shape index (κ3) is 4.25. The summed E-state index contributed by atoms with van der Waals surface area (Å²) >= 11 is 1.39. The summed E-state index contributed by atoms with van der Waals surface area (Å²) in [7, 11) is 1.89. The van der Waals surface area contributed by atoms with E-state index in [1.165, 1.54) is 11.8 Å². The number of para-hydroxylation sites is 1. The number of hydrogen-bond acceptors (Lipinski definition) is 5. The summed E-state index contributed by atoms with van der Waals surface area (Å²) in [6.07, 6.45) is 1.97. The van der Waals surface area contributed by atoms with Crippen LogP contribution in [0.5, 0.6) is 5.75 Å². The second-order valence-corrected chi connectivity index (χ2v) is 6.55. The number of nitrogens with one attached hydrogen (secondary N) is 1.